The highest BCUT2D eigenvalue weighted by Gasteiger charge is 2.09. The van der Waals surface area contributed by atoms with Gasteiger partial charge in [-0.2, -0.15) is 0 Å². The fourth-order valence-corrected chi connectivity index (χ4v) is 3.20. The van der Waals surface area contributed by atoms with Crippen LogP contribution in [0.3, 0.4) is 0 Å². The van der Waals surface area contributed by atoms with E-state index in [1.807, 2.05) is 5.38 Å². The quantitative estimate of drug-likeness (QED) is 0.531. The van der Waals surface area contributed by atoms with Gasteiger partial charge in [0.05, 0.1) is 42.0 Å². The molecule has 8 heteroatoms. The lowest BCUT2D eigenvalue weighted by molar-refractivity contribution is 0.0490. The summed E-state index contributed by atoms with van der Waals surface area (Å²) in [4.78, 5) is 32.5. The molecule has 7 nitrogen and oxygen atoms in total. The third-order valence-electron chi connectivity index (χ3n) is 3.65. The standard InChI is InChI=1S/C16H12N4O3S/c21-15-14-13(2-6-24-14)18-10-20(15)4-5-23-16(22)11-1-3-19-9-17-8-12(19)7-11/h1-3,6-10H,4-5H2. The molecular formula is C16H12N4O3S. The van der Waals surface area contributed by atoms with Crippen molar-refractivity contribution in [3.05, 3.63) is 64.5 Å². The maximum absolute atomic E-state index is 12.2. The molecule has 4 aromatic heterocycles. The smallest absolute Gasteiger partial charge is 0.338 e. The predicted octanol–water partition coefficient (Wildman–Crippen LogP) is 1.96. The first kappa shape index (κ1) is 14.6. The molecule has 0 unspecified atom stereocenters. The Bertz CT molecular complexity index is 1100. The van der Waals surface area contributed by atoms with Crippen LogP contribution < -0.4 is 5.56 Å². The normalized spacial score (nSPS) is 11.2. The van der Waals surface area contributed by atoms with Crippen molar-refractivity contribution in [1.82, 2.24) is 18.9 Å². The number of aromatic nitrogens is 4. The third-order valence-corrected chi connectivity index (χ3v) is 4.54. The average molecular weight is 340 g/mol. The van der Waals surface area contributed by atoms with E-state index in [1.165, 1.54) is 22.2 Å². The molecule has 0 spiro atoms. The first-order chi connectivity index (χ1) is 11.7. The van der Waals surface area contributed by atoms with Gasteiger partial charge in [0.1, 0.15) is 11.3 Å². The van der Waals surface area contributed by atoms with Crippen molar-refractivity contribution >= 4 is 33.0 Å². The molecule has 0 fully saturated rings. The molecule has 4 rings (SSSR count). The summed E-state index contributed by atoms with van der Waals surface area (Å²) in [6.07, 6.45) is 6.55. The summed E-state index contributed by atoms with van der Waals surface area (Å²) in [5.74, 6) is -0.433. The minimum Gasteiger partial charge on any atom is -0.460 e. The first-order valence-corrected chi connectivity index (χ1v) is 8.12. The zero-order chi connectivity index (χ0) is 16.5. The van der Waals surface area contributed by atoms with Gasteiger partial charge < -0.3 is 9.14 Å². The van der Waals surface area contributed by atoms with Crippen molar-refractivity contribution in [3.63, 3.8) is 0 Å². The maximum atomic E-state index is 12.2. The molecule has 0 saturated carbocycles. The number of fused-ring (bicyclic) bond motifs is 2. The zero-order valence-corrected chi connectivity index (χ0v) is 13.3. The number of carbonyl (C=O) groups excluding carboxylic acids is 1. The van der Waals surface area contributed by atoms with Gasteiger partial charge in [0.25, 0.3) is 5.56 Å². The van der Waals surface area contributed by atoms with E-state index in [0.717, 1.165) is 5.52 Å². The number of imidazole rings is 1. The van der Waals surface area contributed by atoms with E-state index in [2.05, 4.69) is 9.97 Å². The Kier molecular flexibility index (Phi) is 3.58. The maximum Gasteiger partial charge on any atom is 0.338 e. The van der Waals surface area contributed by atoms with E-state index in [4.69, 9.17) is 4.74 Å². The van der Waals surface area contributed by atoms with Gasteiger partial charge in [0, 0.05) is 6.20 Å². The van der Waals surface area contributed by atoms with E-state index in [9.17, 15) is 9.59 Å². The number of carbonyl (C=O) groups is 1. The van der Waals surface area contributed by atoms with E-state index in [1.54, 1.807) is 41.3 Å². The van der Waals surface area contributed by atoms with Crippen LogP contribution in [0, 0.1) is 0 Å². The van der Waals surface area contributed by atoms with Gasteiger partial charge in [0.15, 0.2) is 0 Å². The van der Waals surface area contributed by atoms with Crippen LogP contribution in [0.4, 0.5) is 0 Å². The summed E-state index contributed by atoms with van der Waals surface area (Å²) in [5, 5.41) is 1.83. The molecule has 0 N–H and O–H groups in total. The Morgan fingerprint density at radius 1 is 1.29 bits per heavy atom. The Labute approximate surface area is 139 Å². The van der Waals surface area contributed by atoms with Crippen LogP contribution in [0.15, 0.2) is 53.4 Å². The van der Waals surface area contributed by atoms with Crippen LogP contribution in [0.25, 0.3) is 15.7 Å². The summed E-state index contributed by atoms with van der Waals surface area (Å²) in [7, 11) is 0. The highest BCUT2D eigenvalue weighted by Crippen LogP contribution is 2.13. The molecule has 0 bridgehead atoms. The number of thiophene rings is 1. The summed E-state index contributed by atoms with van der Waals surface area (Å²) in [6, 6.07) is 5.18. The van der Waals surface area contributed by atoms with Gasteiger partial charge in [-0.15, -0.1) is 11.3 Å². The monoisotopic (exact) mass is 340 g/mol. The molecule has 0 aliphatic heterocycles. The topological polar surface area (TPSA) is 78.5 Å². The number of hydrogen-bond donors (Lipinski definition) is 0. The number of nitrogens with zero attached hydrogens (tertiary/aromatic N) is 4. The van der Waals surface area contributed by atoms with Crippen molar-refractivity contribution in [2.24, 2.45) is 0 Å². The molecule has 4 heterocycles. The van der Waals surface area contributed by atoms with Crippen molar-refractivity contribution in [2.45, 2.75) is 6.54 Å². The van der Waals surface area contributed by atoms with Gasteiger partial charge in [-0.3, -0.25) is 9.36 Å². The minimum absolute atomic E-state index is 0.0990. The van der Waals surface area contributed by atoms with Crippen LogP contribution in [0.2, 0.25) is 0 Å². The zero-order valence-electron chi connectivity index (χ0n) is 12.5. The molecule has 120 valence electrons. The Balaban J connectivity index is 1.45. The molecule has 0 atom stereocenters. The predicted molar refractivity (Wildman–Crippen MR) is 89.4 cm³/mol. The van der Waals surface area contributed by atoms with Crippen LogP contribution in [-0.4, -0.2) is 31.5 Å². The van der Waals surface area contributed by atoms with Crippen LogP contribution in [0.1, 0.15) is 10.4 Å². The molecule has 0 saturated heterocycles. The largest absolute Gasteiger partial charge is 0.460 e. The number of esters is 1. The number of pyridine rings is 1. The number of rotatable bonds is 4. The fraction of sp³-hybridized carbons (Fsp3) is 0.125. The second kappa shape index (κ2) is 5.89. The van der Waals surface area contributed by atoms with Crippen LogP contribution in [0.5, 0.6) is 0 Å². The molecule has 24 heavy (non-hydrogen) atoms. The van der Waals surface area contributed by atoms with E-state index < -0.39 is 5.97 Å². The lowest BCUT2D eigenvalue weighted by Gasteiger charge is -2.07. The molecule has 0 amide bonds. The summed E-state index contributed by atoms with van der Waals surface area (Å²) in [6.45, 7) is 0.363. The molecule has 0 aliphatic carbocycles. The Morgan fingerprint density at radius 3 is 3.12 bits per heavy atom. The first-order valence-electron chi connectivity index (χ1n) is 7.24. The fourth-order valence-electron chi connectivity index (χ4n) is 2.40. The van der Waals surface area contributed by atoms with Crippen molar-refractivity contribution in [1.29, 1.82) is 0 Å². The summed E-state index contributed by atoms with van der Waals surface area (Å²) in [5.41, 5.74) is 1.83. The average Bonchev–Trinajstić information content (AvgIpc) is 3.24. The number of ether oxygens (including phenoxy) is 1. The molecule has 0 radical (unpaired) electrons. The minimum atomic E-state index is -0.433. The van der Waals surface area contributed by atoms with Crippen LogP contribution in [-0.2, 0) is 11.3 Å². The highest BCUT2D eigenvalue weighted by molar-refractivity contribution is 7.17. The second-order valence-corrected chi connectivity index (χ2v) is 6.07. The molecule has 4 aromatic rings. The molecule has 0 aliphatic rings. The van der Waals surface area contributed by atoms with E-state index >= 15 is 0 Å². The van der Waals surface area contributed by atoms with Crippen molar-refractivity contribution in [2.75, 3.05) is 6.61 Å². The van der Waals surface area contributed by atoms with Crippen LogP contribution >= 0.6 is 11.3 Å². The van der Waals surface area contributed by atoms with Crippen molar-refractivity contribution < 1.29 is 9.53 Å². The summed E-state index contributed by atoms with van der Waals surface area (Å²) >= 11 is 1.35. The van der Waals surface area contributed by atoms with Gasteiger partial charge in [-0.25, -0.2) is 14.8 Å². The SMILES string of the molecule is O=C(OCCn1cnc2ccsc2c1=O)c1ccn2cncc2c1. The van der Waals surface area contributed by atoms with E-state index in [0.29, 0.717) is 15.8 Å². The van der Waals surface area contributed by atoms with Crippen molar-refractivity contribution in [3.8, 4) is 0 Å². The molecule has 0 aromatic carbocycles. The lowest BCUT2D eigenvalue weighted by atomic mass is 10.2. The van der Waals surface area contributed by atoms with Gasteiger partial charge >= 0.3 is 5.97 Å². The highest BCUT2D eigenvalue weighted by atomic mass is 32.1. The van der Waals surface area contributed by atoms with Gasteiger partial charge in [-0.05, 0) is 23.6 Å². The van der Waals surface area contributed by atoms with E-state index in [-0.39, 0.29) is 18.7 Å². The Hall–Kier alpha value is -3.00. The number of hydrogen-bond acceptors (Lipinski definition) is 6. The molecular weight excluding hydrogens is 328 g/mol. The lowest BCUT2D eigenvalue weighted by Crippen LogP contribution is -2.23. The second-order valence-electron chi connectivity index (χ2n) is 5.16. The Morgan fingerprint density at radius 2 is 2.21 bits per heavy atom. The summed E-state index contributed by atoms with van der Waals surface area (Å²) < 4.78 is 9.11. The third kappa shape index (κ3) is 2.56. The van der Waals surface area contributed by atoms with Gasteiger partial charge in [0.2, 0.25) is 0 Å². The van der Waals surface area contributed by atoms with Gasteiger partial charge in [-0.1, -0.05) is 0 Å².